The van der Waals surface area contributed by atoms with Crippen LogP contribution in [-0.4, -0.2) is 18.5 Å². The third-order valence-corrected chi connectivity index (χ3v) is 3.39. The highest BCUT2D eigenvalue weighted by atomic mass is 16.6. The van der Waals surface area contributed by atoms with Crippen LogP contribution in [0.3, 0.4) is 0 Å². The topological polar surface area (TPSA) is 89.5 Å². The third kappa shape index (κ3) is 4.70. The lowest BCUT2D eigenvalue weighted by molar-refractivity contribution is -0.147. The molecule has 0 bridgehead atoms. The molecule has 1 atom stereocenters. The summed E-state index contributed by atoms with van der Waals surface area (Å²) in [7, 11) is 0. The summed E-state index contributed by atoms with van der Waals surface area (Å²) < 4.78 is 15.7. The first-order valence-electron chi connectivity index (χ1n) is 8.05. The maximum Gasteiger partial charge on any atom is 0.338 e. The molecule has 1 aromatic heterocycles. The summed E-state index contributed by atoms with van der Waals surface area (Å²) in [6.07, 6.45) is -0.180. The number of ether oxygens (including phenoxy) is 2. The fourth-order valence-electron chi connectivity index (χ4n) is 2.18. The Bertz CT molecular complexity index is 770. The summed E-state index contributed by atoms with van der Waals surface area (Å²) in [5.41, 5.74) is 1.18. The zero-order valence-electron chi connectivity index (χ0n) is 14.2. The Morgan fingerprint density at radius 2 is 1.88 bits per heavy atom. The van der Waals surface area contributed by atoms with Gasteiger partial charge in [0.1, 0.15) is 11.8 Å². The second-order valence-electron chi connectivity index (χ2n) is 5.25. The van der Waals surface area contributed by atoms with Gasteiger partial charge in [0, 0.05) is 12.0 Å². The highest BCUT2D eigenvalue weighted by molar-refractivity contribution is 5.89. The molecule has 0 amide bonds. The van der Waals surface area contributed by atoms with Crippen molar-refractivity contribution in [2.75, 3.05) is 6.61 Å². The van der Waals surface area contributed by atoms with Crippen LogP contribution in [0.5, 0.6) is 0 Å². The number of carbonyl (C=O) groups is 2. The molecule has 0 aliphatic rings. The monoisotopic (exact) mass is 341 g/mol. The number of nitriles is 1. The van der Waals surface area contributed by atoms with Gasteiger partial charge >= 0.3 is 11.9 Å². The largest absolute Gasteiger partial charge is 0.462 e. The van der Waals surface area contributed by atoms with Gasteiger partial charge in [-0.1, -0.05) is 19.1 Å². The highest BCUT2D eigenvalue weighted by Crippen LogP contribution is 2.27. The molecule has 1 unspecified atom stereocenters. The lowest BCUT2D eigenvalue weighted by Crippen LogP contribution is -2.08. The SMILES string of the molecule is CCCC(=O)OC(C#N)c1ccc(-c2ccc(C(=O)OCC)cc2)o1. The van der Waals surface area contributed by atoms with E-state index < -0.39 is 12.1 Å². The Balaban J connectivity index is 2.13. The van der Waals surface area contributed by atoms with Crippen LogP contribution < -0.4 is 0 Å². The molecular weight excluding hydrogens is 322 g/mol. The molecule has 0 saturated heterocycles. The molecule has 6 nitrogen and oxygen atoms in total. The molecule has 1 heterocycles. The first-order chi connectivity index (χ1) is 12.1. The van der Waals surface area contributed by atoms with Gasteiger partial charge in [0.05, 0.1) is 12.2 Å². The Labute approximate surface area is 146 Å². The number of hydrogen-bond acceptors (Lipinski definition) is 6. The molecule has 0 radical (unpaired) electrons. The maximum absolute atomic E-state index is 11.7. The van der Waals surface area contributed by atoms with Crippen molar-refractivity contribution in [2.45, 2.75) is 32.8 Å². The molecule has 1 aromatic carbocycles. The van der Waals surface area contributed by atoms with Gasteiger partial charge in [-0.2, -0.15) is 5.26 Å². The van der Waals surface area contributed by atoms with Crippen LogP contribution >= 0.6 is 0 Å². The van der Waals surface area contributed by atoms with Crippen LogP contribution in [0.2, 0.25) is 0 Å². The number of esters is 2. The second kappa shape index (κ2) is 8.69. The van der Waals surface area contributed by atoms with E-state index in [9.17, 15) is 14.9 Å². The van der Waals surface area contributed by atoms with Crippen molar-refractivity contribution in [3.05, 3.63) is 47.7 Å². The molecule has 0 fully saturated rings. The molecule has 6 heteroatoms. The molecule has 2 aromatic rings. The number of nitrogens with zero attached hydrogens (tertiary/aromatic N) is 1. The van der Waals surface area contributed by atoms with E-state index in [4.69, 9.17) is 13.9 Å². The minimum Gasteiger partial charge on any atom is -0.462 e. The van der Waals surface area contributed by atoms with E-state index >= 15 is 0 Å². The number of benzene rings is 1. The number of hydrogen-bond donors (Lipinski definition) is 0. The molecule has 2 rings (SSSR count). The number of furan rings is 1. The third-order valence-electron chi connectivity index (χ3n) is 3.39. The Hall–Kier alpha value is -3.07. The molecule has 0 N–H and O–H groups in total. The summed E-state index contributed by atoms with van der Waals surface area (Å²) in [4.78, 5) is 23.2. The van der Waals surface area contributed by atoms with E-state index in [1.807, 2.05) is 13.0 Å². The van der Waals surface area contributed by atoms with Crippen LogP contribution in [0.25, 0.3) is 11.3 Å². The van der Waals surface area contributed by atoms with Crippen LogP contribution in [0.4, 0.5) is 0 Å². The smallest absolute Gasteiger partial charge is 0.338 e. The average Bonchev–Trinajstić information content (AvgIpc) is 3.10. The minimum atomic E-state index is -1.08. The van der Waals surface area contributed by atoms with Gasteiger partial charge in [0.2, 0.25) is 6.10 Å². The van der Waals surface area contributed by atoms with Crippen molar-refractivity contribution in [3.63, 3.8) is 0 Å². The zero-order valence-corrected chi connectivity index (χ0v) is 14.2. The zero-order chi connectivity index (χ0) is 18.2. The van der Waals surface area contributed by atoms with Crippen molar-refractivity contribution in [1.82, 2.24) is 0 Å². The predicted molar refractivity (Wildman–Crippen MR) is 89.5 cm³/mol. The fraction of sp³-hybridized carbons (Fsp3) is 0.316. The standard InChI is InChI=1S/C19H19NO5/c1-3-5-18(21)25-17(12-20)16-11-10-15(24-16)13-6-8-14(9-7-13)19(22)23-4-2/h6-11,17H,3-5H2,1-2H3. The van der Waals surface area contributed by atoms with Crippen molar-refractivity contribution in [3.8, 4) is 17.4 Å². The van der Waals surface area contributed by atoms with Gasteiger partial charge < -0.3 is 13.9 Å². The summed E-state index contributed by atoms with van der Waals surface area (Å²) in [5, 5.41) is 9.19. The normalized spacial score (nSPS) is 11.4. The lowest BCUT2D eigenvalue weighted by atomic mass is 10.1. The predicted octanol–water partition coefficient (Wildman–Crippen LogP) is 4.03. The molecule has 25 heavy (non-hydrogen) atoms. The van der Waals surface area contributed by atoms with E-state index in [1.165, 1.54) is 0 Å². The first-order valence-corrected chi connectivity index (χ1v) is 8.05. The molecule has 130 valence electrons. The van der Waals surface area contributed by atoms with E-state index in [2.05, 4.69) is 0 Å². The van der Waals surface area contributed by atoms with Crippen molar-refractivity contribution in [2.24, 2.45) is 0 Å². The summed E-state index contributed by atoms with van der Waals surface area (Å²) in [5.74, 6) is -0.0547. The number of carbonyl (C=O) groups excluding carboxylic acids is 2. The van der Waals surface area contributed by atoms with Crippen LogP contribution in [-0.2, 0) is 14.3 Å². The van der Waals surface area contributed by atoms with Gasteiger partial charge in [0.25, 0.3) is 0 Å². The summed E-state index contributed by atoms with van der Waals surface area (Å²) in [6.45, 7) is 3.91. The Morgan fingerprint density at radius 3 is 2.48 bits per heavy atom. The molecule has 0 spiro atoms. The summed E-state index contributed by atoms with van der Waals surface area (Å²) in [6, 6.07) is 11.9. The van der Waals surface area contributed by atoms with Gasteiger partial charge in [-0.05, 0) is 37.6 Å². The number of rotatable bonds is 7. The fourth-order valence-corrected chi connectivity index (χ4v) is 2.18. The lowest BCUT2D eigenvalue weighted by Gasteiger charge is -2.08. The van der Waals surface area contributed by atoms with E-state index in [0.717, 1.165) is 5.56 Å². The highest BCUT2D eigenvalue weighted by Gasteiger charge is 2.20. The Morgan fingerprint density at radius 1 is 1.16 bits per heavy atom. The Kier molecular flexibility index (Phi) is 6.35. The van der Waals surface area contributed by atoms with Crippen LogP contribution in [0, 0.1) is 11.3 Å². The maximum atomic E-state index is 11.7. The van der Waals surface area contributed by atoms with Crippen molar-refractivity contribution >= 4 is 11.9 Å². The molecule has 0 aliphatic carbocycles. The van der Waals surface area contributed by atoms with Gasteiger partial charge in [0.15, 0.2) is 5.76 Å². The molecule has 0 aliphatic heterocycles. The van der Waals surface area contributed by atoms with Crippen molar-refractivity contribution < 1.29 is 23.5 Å². The van der Waals surface area contributed by atoms with Gasteiger partial charge in [-0.25, -0.2) is 4.79 Å². The molecular formula is C19H19NO5. The van der Waals surface area contributed by atoms with Crippen molar-refractivity contribution in [1.29, 1.82) is 5.26 Å². The molecule has 0 saturated carbocycles. The van der Waals surface area contributed by atoms with Gasteiger partial charge in [-0.3, -0.25) is 4.79 Å². The van der Waals surface area contributed by atoms with Gasteiger partial charge in [-0.15, -0.1) is 0 Å². The summed E-state index contributed by atoms with van der Waals surface area (Å²) >= 11 is 0. The van der Waals surface area contributed by atoms with Crippen LogP contribution in [0.15, 0.2) is 40.8 Å². The average molecular weight is 341 g/mol. The van der Waals surface area contributed by atoms with E-state index in [1.54, 1.807) is 43.3 Å². The first kappa shape index (κ1) is 18.3. The van der Waals surface area contributed by atoms with Crippen LogP contribution in [0.1, 0.15) is 48.9 Å². The van der Waals surface area contributed by atoms with E-state index in [-0.39, 0.29) is 18.2 Å². The minimum absolute atomic E-state index is 0.251. The second-order valence-corrected chi connectivity index (χ2v) is 5.25. The quantitative estimate of drug-likeness (QED) is 0.706. The van der Waals surface area contributed by atoms with E-state index in [0.29, 0.717) is 24.4 Å².